The summed E-state index contributed by atoms with van der Waals surface area (Å²) >= 11 is 0. The van der Waals surface area contributed by atoms with Gasteiger partial charge in [0.15, 0.2) is 5.54 Å². The van der Waals surface area contributed by atoms with Crippen LogP contribution in [0.5, 0.6) is 0 Å². The minimum absolute atomic E-state index is 0.266. The Hall–Kier alpha value is -1.30. The molecule has 0 radical (unpaired) electrons. The van der Waals surface area contributed by atoms with Crippen LogP contribution in [-0.2, 0) is 14.3 Å². The first-order valence-corrected chi connectivity index (χ1v) is 5.90. The van der Waals surface area contributed by atoms with E-state index in [2.05, 4.69) is 4.74 Å². The number of nitrogens with zero attached hydrogens (tertiary/aromatic N) is 1. The van der Waals surface area contributed by atoms with Gasteiger partial charge in [0.25, 0.3) is 0 Å². The highest BCUT2D eigenvalue weighted by molar-refractivity contribution is 5.87. The summed E-state index contributed by atoms with van der Waals surface area (Å²) in [6, 6.07) is 0. The number of aliphatic hydroxyl groups is 1. The maximum atomic E-state index is 12.0. The predicted molar refractivity (Wildman–Crippen MR) is 64.0 cm³/mol. The number of aliphatic hydroxyl groups excluding tert-OH is 1. The van der Waals surface area contributed by atoms with Crippen molar-refractivity contribution in [1.29, 1.82) is 0 Å². The summed E-state index contributed by atoms with van der Waals surface area (Å²) in [6.07, 6.45) is -1.24. The van der Waals surface area contributed by atoms with E-state index in [-0.39, 0.29) is 6.54 Å². The molecule has 0 aliphatic carbocycles. The van der Waals surface area contributed by atoms with Crippen molar-refractivity contribution >= 4 is 12.1 Å². The van der Waals surface area contributed by atoms with Crippen molar-refractivity contribution in [1.82, 2.24) is 4.90 Å². The Morgan fingerprint density at radius 3 is 2.39 bits per heavy atom. The van der Waals surface area contributed by atoms with Gasteiger partial charge in [0, 0.05) is 6.54 Å². The highest BCUT2D eigenvalue weighted by Crippen LogP contribution is 2.32. The molecule has 1 aliphatic rings. The summed E-state index contributed by atoms with van der Waals surface area (Å²) in [4.78, 5) is 25.1. The van der Waals surface area contributed by atoms with Crippen LogP contribution in [-0.4, -0.2) is 53.0 Å². The monoisotopic (exact) mass is 259 g/mol. The minimum Gasteiger partial charge on any atom is -0.467 e. The van der Waals surface area contributed by atoms with Gasteiger partial charge in [-0.25, -0.2) is 9.59 Å². The lowest BCUT2D eigenvalue weighted by molar-refractivity contribution is -0.156. The molecule has 1 rings (SSSR count). The topological polar surface area (TPSA) is 76.1 Å². The molecule has 1 unspecified atom stereocenters. The molecule has 6 heteroatoms. The molecule has 1 saturated heterocycles. The van der Waals surface area contributed by atoms with Crippen LogP contribution >= 0.6 is 0 Å². The van der Waals surface area contributed by atoms with E-state index in [0.29, 0.717) is 6.42 Å². The van der Waals surface area contributed by atoms with E-state index >= 15 is 0 Å². The number of ether oxygens (including phenoxy) is 2. The average Bonchev–Trinajstić information content (AvgIpc) is 2.53. The SMILES string of the molecule is COC(=O)C1(C)[C@H](O)CCN1C(=O)OC(C)(C)C. The number of esters is 1. The van der Waals surface area contributed by atoms with Gasteiger partial charge < -0.3 is 14.6 Å². The van der Waals surface area contributed by atoms with Crippen molar-refractivity contribution in [2.24, 2.45) is 0 Å². The number of carbonyl (C=O) groups excluding carboxylic acids is 2. The van der Waals surface area contributed by atoms with Gasteiger partial charge in [-0.2, -0.15) is 0 Å². The van der Waals surface area contributed by atoms with E-state index in [1.807, 2.05) is 0 Å². The van der Waals surface area contributed by atoms with Crippen LogP contribution in [0, 0.1) is 0 Å². The van der Waals surface area contributed by atoms with Crippen LogP contribution in [0.3, 0.4) is 0 Å². The zero-order valence-corrected chi connectivity index (χ0v) is 11.5. The van der Waals surface area contributed by atoms with Crippen molar-refractivity contribution in [3.05, 3.63) is 0 Å². The van der Waals surface area contributed by atoms with Gasteiger partial charge in [0.2, 0.25) is 0 Å². The molecule has 6 nitrogen and oxygen atoms in total. The molecule has 0 aromatic rings. The third-order valence-electron chi connectivity index (χ3n) is 3.05. The quantitative estimate of drug-likeness (QED) is 0.709. The van der Waals surface area contributed by atoms with Gasteiger partial charge in [0.05, 0.1) is 13.2 Å². The molecule has 0 bridgehead atoms. The molecular weight excluding hydrogens is 238 g/mol. The highest BCUT2D eigenvalue weighted by atomic mass is 16.6. The first-order valence-electron chi connectivity index (χ1n) is 5.90. The van der Waals surface area contributed by atoms with Crippen molar-refractivity contribution in [3.63, 3.8) is 0 Å². The molecule has 0 spiro atoms. The van der Waals surface area contributed by atoms with Crippen molar-refractivity contribution < 1.29 is 24.2 Å². The zero-order valence-electron chi connectivity index (χ0n) is 11.5. The molecule has 0 aromatic heterocycles. The molecule has 1 amide bonds. The second kappa shape index (κ2) is 4.76. The molecule has 104 valence electrons. The maximum Gasteiger partial charge on any atom is 0.411 e. The Balaban J connectivity index is 2.94. The van der Waals surface area contributed by atoms with Crippen molar-refractivity contribution in [2.75, 3.05) is 13.7 Å². The standard InChI is InChI=1S/C12H21NO5/c1-11(2,3)18-10(16)13-7-6-8(14)12(13,4)9(15)17-5/h8,14H,6-7H2,1-5H3/t8-,12?/m1/s1. The van der Waals surface area contributed by atoms with Crippen LogP contribution < -0.4 is 0 Å². The smallest absolute Gasteiger partial charge is 0.411 e. The second-order valence-corrected chi connectivity index (χ2v) is 5.58. The Morgan fingerprint density at radius 2 is 1.94 bits per heavy atom. The lowest BCUT2D eigenvalue weighted by atomic mass is 9.96. The number of likely N-dealkylation sites (tertiary alicyclic amines) is 1. The fraction of sp³-hybridized carbons (Fsp3) is 0.833. The van der Waals surface area contributed by atoms with Gasteiger partial charge in [0.1, 0.15) is 5.60 Å². The molecule has 2 atom stereocenters. The molecule has 0 aromatic carbocycles. The van der Waals surface area contributed by atoms with Gasteiger partial charge in [-0.3, -0.25) is 4.90 Å². The second-order valence-electron chi connectivity index (χ2n) is 5.58. The minimum atomic E-state index is -1.38. The predicted octanol–water partition coefficient (Wildman–Crippen LogP) is 0.920. The van der Waals surface area contributed by atoms with Gasteiger partial charge in [-0.05, 0) is 34.1 Å². The number of hydrogen-bond acceptors (Lipinski definition) is 5. The summed E-state index contributed by atoms with van der Waals surface area (Å²) in [5, 5.41) is 9.92. The Kier molecular flexibility index (Phi) is 3.90. The normalized spacial score (nSPS) is 28.1. The lowest BCUT2D eigenvalue weighted by Crippen LogP contribution is -2.57. The Bertz CT molecular complexity index is 349. The number of rotatable bonds is 1. The number of methoxy groups -OCH3 is 1. The summed E-state index contributed by atoms with van der Waals surface area (Å²) in [5.41, 5.74) is -2.03. The number of amides is 1. The van der Waals surface area contributed by atoms with Crippen LogP contribution in [0.1, 0.15) is 34.1 Å². The van der Waals surface area contributed by atoms with Gasteiger partial charge in [-0.15, -0.1) is 0 Å². The molecule has 1 fully saturated rings. The van der Waals surface area contributed by atoms with E-state index in [9.17, 15) is 14.7 Å². The van der Waals surface area contributed by atoms with Crippen molar-refractivity contribution in [2.45, 2.75) is 51.4 Å². The van der Waals surface area contributed by atoms with Crippen LogP contribution in [0.4, 0.5) is 4.79 Å². The third-order valence-corrected chi connectivity index (χ3v) is 3.05. The van der Waals surface area contributed by atoms with Crippen molar-refractivity contribution in [3.8, 4) is 0 Å². The molecule has 18 heavy (non-hydrogen) atoms. The van der Waals surface area contributed by atoms with E-state index in [0.717, 1.165) is 0 Å². The summed E-state index contributed by atoms with van der Waals surface area (Å²) in [7, 11) is 1.23. The first kappa shape index (κ1) is 14.8. The summed E-state index contributed by atoms with van der Waals surface area (Å²) in [5.74, 6) is -0.640. The first-order chi connectivity index (χ1) is 8.13. The lowest BCUT2D eigenvalue weighted by Gasteiger charge is -2.35. The van der Waals surface area contributed by atoms with E-state index in [1.54, 1.807) is 20.8 Å². The summed E-state index contributed by atoms with van der Waals surface area (Å²) < 4.78 is 9.90. The Labute approximate surface area is 107 Å². The molecular formula is C12H21NO5. The van der Waals surface area contributed by atoms with Crippen LogP contribution in [0.15, 0.2) is 0 Å². The maximum absolute atomic E-state index is 12.0. The van der Waals surface area contributed by atoms with Crippen LogP contribution in [0.2, 0.25) is 0 Å². The molecule has 1 heterocycles. The van der Waals surface area contributed by atoms with Gasteiger partial charge in [-0.1, -0.05) is 0 Å². The fourth-order valence-electron chi connectivity index (χ4n) is 2.00. The van der Waals surface area contributed by atoms with Gasteiger partial charge >= 0.3 is 12.1 Å². The number of hydrogen-bond donors (Lipinski definition) is 1. The van der Waals surface area contributed by atoms with E-state index < -0.39 is 29.3 Å². The zero-order chi connectivity index (χ0) is 14.1. The fourth-order valence-corrected chi connectivity index (χ4v) is 2.00. The largest absolute Gasteiger partial charge is 0.467 e. The average molecular weight is 259 g/mol. The number of carbonyl (C=O) groups is 2. The third kappa shape index (κ3) is 2.58. The van der Waals surface area contributed by atoms with Crippen LogP contribution in [0.25, 0.3) is 0 Å². The Morgan fingerprint density at radius 1 is 1.39 bits per heavy atom. The van der Waals surface area contributed by atoms with E-state index in [4.69, 9.17) is 4.74 Å². The molecule has 0 saturated carbocycles. The van der Waals surface area contributed by atoms with E-state index in [1.165, 1.54) is 18.9 Å². The molecule has 1 N–H and O–H groups in total. The summed E-state index contributed by atoms with van der Waals surface area (Å²) in [6.45, 7) is 6.98. The molecule has 1 aliphatic heterocycles. The highest BCUT2D eigenvalue weighted by Gasteiger charge is 2.54.